The molecule has 1 atom stereocenters. The molecular weight excluding hydrogens is 379 g/mol. The molecule has 1 fully saturated rings. The van der Waals surface area contributed by atoms with Crippen molar-refractivity contribution in [1.29, 1.82) is 0 Å². The number of pyridine rings is 1. The summed E-state index contributed by atoms with van der Waals surface area (Å²) in [5, 5.41) is 6.46. The van der Waals surface area contributed by atoms with Crippen LogP contribution in [0.2, 0.25) is 0 Å². The number of carbonyl (C=O) groups is 1. The lowest BCUT2D eigenvalue weighted by Gasteiger charge is -2.16. The Morgan fingerprint density at radius 1 is 1.24 bits per heavy atom. The second kappa shape index (κ2) is 8.69. The molecule has 1 aliphatic carbocycles. The van der Waals surface area contributed by atoms with Gasteiger partial charge in [-0.3, -0.25) is 4.79 Å². The third kappa shape index (κ3) is 5.07. The second-order valence-electron chi connectivity index (χ2n) is 7.88. The quantitative estimate of drug-likeness (QED) is 0.651. The lowest BCUT2D eigenvalue weighted by atomic mass is 9.98. The minimum Gasteiger partial charge on any atom is -0.351 e. The number of benzene rings is 1. The first kappa shape index (κ1) is 21.6. The number of halogens is 3. The predicted octanol–water partition coefficient (Wildman–Crippen LogP) is 4.95. The summed E-state index contributed by atoms with van der Waals surface area (Å²) >= 11 is 0. The molecule has 1 amide bonds. The van der Waals surface area contributed by atoms with Crippen LogP contribution in [0.3, 0.4) is 0 Å². The van der Waals surface area contributed by atoms with E-state index in [2.05, 4.69) is 22.5 Å². The molecule has 158 valence electrons. The highest BCUT2D eigenvalue weighted by Gasteiger charge is 2.36. The van der Waals surface area contributed by atoms with E-state index in [-0.39, 0.29) is 17.1 Å². The largest absolute Gasteiger partial charge is 0.418 e. The SMILES string of the molecule is CCCC(CCNC(=O)c1cc(C)c2cc(C3CC3)cc(C(F)(F)F)c2n1)NC. The minimum absolute atomic E-state index is 0.0242. The minimum atomic E-state index is -4.52. The van der Waals surface area contributed by atoms with Crippen molar-refractivity contribution in [3.05, 3.63) is 40.6 Å². The number of amides is 1. The van der Waals surface area contributed by atoms with E-state index in [0.29, 0.717) is 29.1 Å². The van der Waals surface area contributed by atoms with E-state index in [9.17, 15) is 18.0 Å². The first-order valence-electron chi connectivity index (χ1n) is 10.2. The van der Waals surface area contributed by atoms with Gasteiger partial charge in [0.1, 0.15) is 5.69 Å². The summed E-state index contributed by atoms with van der Waals surface area (Å²) in [7, 11) is 1.88. The molecule has 1 aromatic heterocycles. The van der Waals surface area contributed by atoms with Crippen LogP contribution in [0.1, 0.15) is 72.1 Å². The standard InChI is InChI=1S/C22H28F3N3O/c1-4-5-16(26-3)8-9-27-21(29)19-10-13(2)17-11-15(14-6-7-14)12-18(20(17)28-19)22(23,24)25/h10-12,14,16,26H,4-9H2,1-3H3,(H,27,29). The van der Waals surface area contributed by atoms with Crippen LogP contribution in [0.5, 0.6) is 0 Å². The van der Waals surface area contributed by atoms with Gasteiger partial charge in [-0.1, -0.05) is 13.3 Å². The van der Waals surface area contributed by atoms with Crippen LogP contribution in [-0.2, 0) is 6.18 Å². The van der Waals surface area contributed by atoms with Gasteiger partial charge in [-0.15, -0.1) is 0 Å². The number of nitrogens with zero attached hydrogens (tertiary/aromatic N) is 1. The number of fused-ring (bicyclic) bond motifs is 1. The predicted molar refractivity (Wildman–Crippen MR) is 108 cm³/mol. The van der Waals surface area contributed by atoms with Gasteiger partial charge in [0.25, 0.3) is 5.91 Å². The number of hydrogen-bond donors (Lipinski definition) is 2. The van der Waals surface area contributed by atoms with Crippen molar-refractivity contribution < 1.29 is 18.0 Å². The molecule has 0 spiro atoms. The van der Waals surface area contributed by atoms with Gasteiger partial charge in [0, 0.05) is 18.0 Å². The Morgan fingerprint density at radius 3 is 2.55 bits per heavy atom. The first-order valence-corrected chi connectivity index (χ1v) is 10.2. The maximum Gasteiger partial charge on any atom is 0.418 e. The Labute approximate surface area is 169 Å². The number of aromatic nitrogens is 1. The van der Waals surface area contributed by atoms with Crippen molar-refractivity contribution in [2.45, 2.75) is 64.1 Å². The van der Waals surface area contributed by atoms with Crippen molar-refractivity contribution in [1.82, 2.24) is 15.6 Å². The Kier molecular flexibility index (Phi) is 6.46. The van der Waals surface area contributed by atoms with E-state index in [4.69, 9.17) is 0 Å². The lowest BCUT2D eigenvalue weighted by Crippen LogP contribution is -2.32. The second-order valence-corrected chi connectivity index (χ2v) is 7.88. The molecule has 0 saturated heterocycles. The van der Waals surface area contributed by atoms with Gasteiger partial charge in [-0.2, -0.15) is 13.2 Å². The van der Waals surface area contributed by atoms with Crippen LogP contribution in [0.4, 0.5) is 13.2 Å². The molecule has 29 heavy (non-hydrogen) atoms. The van der Waals surface area contributed by atoms with Gasteiger partial charge in [0.15, 0.2) is 0 Å². The van der Waals surface area contributed by atoms with E-state index in [1.54, 1.807) is 19.1 Å². The van der Waals surface area contributed by atoms with Gasteiger partial charge < -0.3 is 10.6 Å². The molecule has 0 radical (unpaired) electrons. The van der Waals surface area contributed by atoms with Crippen molar-refractivity contribution >= 4 is 16.8 Å². The molecule has 4 nitrogen and oxygen atoms in total. The normalized spacial score (nSPS) is 15.5. The molecular formula is C22H28F3N3O. The number of carbonyl (C=O) groups excluding carboxylic acids is 1. The molecule has 7 heteroatoms. The smallest absolute Gasteiger partial charge is 0.351 e. The highest BCUT2D eigenvalue weighted by Crippen LogP contribution is 2.44. The Balaban J connectivity index is 1.88. The molecule has 0 aliphatic heterocycles. The molecule has 2 aromatic rings. The van der Waals surface area contributed by atoms with Gasteiger partial charge in [-0.05, 0) is 74.9 Å². The number of nitrogens with one attached hydrogen (secondary N) is 2. The Bertz CT molecular complexity index is 891. The topological polar surface area (TPSA) is 54.0 Å². The summed E-state index contributed by atoms with van der Waals surface area (Å²) in [6.45, 7) is 4.27. The van der Waals surface area contributed by atoms with E-state index >= 15 is 0 Å². The van der Waals surface area contributed by atoms with Crippen LogP contribution in [-0.4, -0.2) is 30.5 Å². The van der Waals surface area contributed by atoms with Crippen LogP contribution in [0.15, 0.2) is 18.2 Å². The van der Waals surface area contributed by atoms with Crippen LogP contribution < -0.4 is 10.6 Å². The number of hydrogen-bond acceptors (Lipinski definition) is 3. The average molecular weight is 407 g/mol. The molecule has 1 aromatic carbocycles. The molecule has 1 aliphatic rings. The Hall–Kier alpha value is -2.15. The molecule has 2 N–H and O–H groups in total. The van der Waals surface area contributed by atoms with Crippen molar-refractivity contribution in [3.8, 4) is 0 Å². The molecule has 1 heterocycles. The summed E-state index contributed by atoms with van der Waals surface area (Å²) in [6, 6.07) is 4.88. The third-order valence-corrected chi connectivity index (χ3v) is 5.55. The first-order chi connectivity index (χ1) is 13.7. The van der Waals surface area contributed by atoms with Crippen molar-refractivity contribution in [3.63, 3.8) is 0 Å². The molecule has 1 saturated carbocycles. The summed E-state index contributed by atoms with van der Waals surface area (Å²) in [5.74, 6) is -0.244. The molecule has 3 rings (SSSR count). The number of aryl methyl sites for hydroxylation is 1. The van der Waals surface area contributed by atoms with Crippen molar-refractivity contribution in [2.75, 3.05) is 13.6 Å². The van der Waals surface area contributed by atoms with E-state index < -0.39 is 17.6 Å². The fourth-order valence-corrected chi connectivity index (χ4v) is 3.73. The lowest BCUT2D eigenvalue weighted by molar-refractivity contribution is -0.136. The summed E-state index contributed by atoms with van der Waals surface area (Å²) in [5.41, 5.74) is 0.461. The number of rotatable bonds is 8. The zero-order chi connectivity index (χ0) is 21.2. The zero-order valence-electron chi connectivity index (χ0n) is 17.1. The van der Waals surface area contributed by atoms with E-state index in [1.165, 1.54) is 6.07 Å². The number of alkyl halides is 3. The van der Waals surface area contributed by atoms with Crippen LogP contribution >= 0.6 is 0 Å². The van der Waals surface area contributed by atoms with Crippen molar-refractivity contribution in [2.24, 2.45) is 0 Å². The van der Waals surface area contributed by atoms with E-state index in [1.807, 2.05) is 7.05 Å². The van der Waals surface area contributed by atoms with Gasteiger partial charge >= 0.3 is 6.18 Å². The highest BCUT2D eigenvalue weighted by molar-refractivity contribution is 5.97. The summed E-state index contributed by atoms with van der Waals surface area (Å²) in [4.78, 5) is 16.7. The molecule has 0 bridgehead atoms. The summed E-state index contributed by atoms with van der Waals surface area (Å²) in [6.07, 6.45) is 0.105. The third-order valence-electron chi connectivity index (χ3n) is 5.55. The monoisotopic (exact) mass is 407 g/mol. The van der Waals surface area contributed by atoms with Gasteiger partial charge in [0.05, 0.1) is 11.1 Å². The van der Waals surface area contributed by atoms with Gasteiger partial charge in [0.2, 0.25) is 0 Å². The Morgan fingerprint density at radius 2 is 1.97 bits per heavy atom. The van der Waals surface area contributed by atoms with Crippen LogP contribution in [0, 0.1) is 6.92 Å². The van der Waals surface area contributed by atoms with Gasteiger partial charge in [-0.25, -0.2) is 4.98 Å². The van der Waals surface area contributed by atoms with E-state index in [0.717, 1.165) is 32.1 Å². The maximum atomic E-state index is 13.7. The maximum absolute atomic E-state index is 13.7. The fraction of sp³-hybridized carbons (Fsp3) is 0.545. The molecule has 1 unspecified atom stereocenters. The highest BCUT2D eigenvalue weighted by atomic mass is 19.4. The summed E-state index contributed by atoms with van der Waals surface area (Å²) < 4.78 is 41.1. The average Bonchev–Trinajstić information content (AvgIpc) is 3.50. The fourth-order valence-electron chi connectivity index (χ4n) is 3.73. The zero-order valence-corrected chi connectivity index (χ0v) is 17.1. The van der Waals surface area contributed by atoms with Crippen LogP contribution in [0.25, 0.3) is 10.9 Å².